The van der Waals surface area contributed by atoms with E-state index in [-0.39, 0.29) is 41.4 Å². The van der Waals surface area contributed by atoms with Crippen LogP contribution in [-0.4, -0.2) is 74.1 Å². The lowest BCUT2D eigenvalue weighted by Gasteiger charge is -2.23. The summed E-state index contributed by atoms with van der Waals surface area (Å²) in [6.07, 6.45) is -0.320. The van der Waals surface area contributed by atoms with Crippen LogP contribution in [0.5, 0.6) is 0 Å². The summed E-state index contributed by atoms with van der Waals surface area (Å²) in [7, 11) is 1.16. The molecule has 2 aromatic heterocycles. The number of ether oxygens (including phenoxy) is 2. The molecule has 3 heterocycles. The zero-order chi connectivity index (χ0) is 35.8. The number of H-pyrrole nitrogens is 1. The molecule has 19 heteroatoms. The summed E-state index contributed by atoms with van der Waals surface area (Å²) in [6.45, 7) is -1.78. The maximum Gasteiger partial charge on any atom is 0.422 e. The highest BCUT2D eigenvalue weighted by Crippen LogP contribution is 2.35. The second kappa shape index (κ2) is 15.5. The fourth-order valence-electron chi connectivity index (χ4n) is 5.15. The number of nitrogens with one attached hydrogen (secondary N) is 4. The number of aromatic nitrogens is 6. The van der Waals surface area contributed by atoms with E-state index in [2.05, 4.69) is 50.9 Å². The minimum atomic E-state index is -4.74. The minimum Gasteiger partial charge on any atom is -0.455 e. The Morgan fingerprint density at radius 3 is 2.70 bits per heavy atom. The number of imidazole rings is 1. The summed E-state index contributed by atoms with van der Waals surface area (Å²) in [5, 5.41) is 29.9. The van der Waals surface area contributed by atoms with Gasteiger partial charge in [-0.05, 0) is 65.7 Å². The van der Waals surface area contributed by atoms with Crippen molar-refractivity contribution in [3.05, 3.63) is 70.9 Å². The van der Waals surface area contributed by atoms with E-state index in [4.69, 9.17) is 11.6 Å². The molecule has 2 aromatic carbocycles. The fourth-order valence-corrected chi connectivity index (χ4v) is 5.33. The van der Waals surface area contributed by atoms with Gasteiger partial charge in [-0.3, -0.25) is 10.1 Å². The van der Waals surface area contributed by atoms with Crippen LogP contribution in [0.15, 0.2) is 48.8 Å². The van der Waals surface area contributed by atoms with Gasteiger partial charge in [0, 0.05) is 33.6 Å². The van der Waals surface area contributed by atoms with E-state index in [1.54, 1.807) is 18.2 Å². The predicted molar refractivity (Wildman–Crippen MR) is 172 cm³/mol. The van der Waals surface area contributed by atoms with Crippen LogP contribution in [0.25, 0.3) is 23.0 Å². The molecule has 4 aromatic rings. The smallest absolute Gasteiger partial charge is 0.422 e. The predicted octanol–water partition coefficient (Wildman–Crippen LogP) is 5.09. The highest BCUT2D eigenvalue weighted by Gasteiger charge is 2.32. The Bertz CT molecular complexity index is 1940. The number of esters is 1. The van der Waals surface area contributed by atoms with Crippen LogP contribution in [0.2, 0.25) is 5.02 Å². The van der Waals surface area contributed by atoms with Crippen molar-refractivity contribution in [2.45, 2.75) is 43.9 Å². The van der Waals surface area contributed by atoms with Gasteiger partial charge in [-0.25, -0.2) is 14.6 Å². The largest absolute Gasteiger partial charge is 0.455 e. The van der Waals surface area contributed by atoms with Crippen LogP contribution >= 0.6 is 11.6 Å². The molecular formula is C31H28ClF3N10O5. The molecule has 4 N–H and O–H groups in total. The van der Waals surface area contributed by atoms with Gasteiger partial charge in [0.1, 0.15) is 24.3 Å². The lowest BCUT2D eigenvalue weighted by atomic mass is 10.0. The van der Waals surface area contributed by atoms with Gasteiger partial charge in [-0.2, -0.15) is 23.1 Å². The van der Waals surface area contributed by atoms with Crippen molar-refractivity contribution in [2.24, 2.45) is 0 Å². The van der Waals surface area contributed by atoms with E-state index in [1.807, 2.05) is 6.07 Å². The first-order valence-corrected chi connectivity index (χ1v) is 15.3. The van der Waals surface area contributed by atoms with Gasteiger partial charge in [0.2, 0.25) is 5.91 Å². The molecule has 0 fully saturated rings. The molecule has 2 amide bonds. The van der Waals surface area contributed by atoms with Crippen molar-refractivity contribution >= 4 is 47.0 Å². The Kier molecular flexibility index (Phi) is 11.0. The summed E-state index contributed by atoms with van der Waals surface area (Å²) < 4.78 is 49.4. The van der Waals surface area contributed by atoms with Crippen LogP contribution in [0, 0.1) is 11.3 Å². The molecule has 0 unspecified atom stereocenters. The molecule has 260 valence electrons. The number of nitrogens with zero attached hydrogens (tertiary/aromatic N) is 6. The van der Waals surface area contributed by atoms with E-state index >= 15 is 0 Å². The minimum absolute atomic E-state index is 0.0457. The first kappa shape index (κ1) is 35.3. The third kappa shape index (κ3) is 8.93. The van der Waals surface area contributed by atoms with Crippen LogP contribution in [0.1, 0.15) is 48.8 Å². The second-order valence-electron chi connectivity index (χ2n) is 10.9. The van der Waals surface area contributed by atoms with Gasteiger partial charge < -0.3 is 25.1 Å². The molecule has 0 saturated heterocycles. The number of methoxy groups -OCH3 is 1. The van der Waals surface area contributed by atoms with E-state index < -0.39 is 42.8 Å². The second-order valence-corrected chi connectivity index (χ2v) is 11.3. The third-order valence-electron chi connectivity index (χ3n) is 7.42. The quantitative estimate of drug-likeness (QED) is 0.147. The molecule has 0 spiro atoms. The number of carbonyl (C=O) groups excluding carboxylic acids is 3. The number of aromatic amines is 1. The number of nitriles is 1. The lowest BCUT2D eigenvalue weighted by molar-refractivity contribution is -0.186. The van der Waals surface area contributed by atoms with Crippen molar-refractivity contribution in [3.63, 3.8) is 0 Å². The van der Waals surface area contributed by atoms with Crippen molar-refractivity contribution in [1.82, 2.24) is 35.5 Å². The number of hydrogen-bond donors (Lipinski definition) is 4. The van der Waals surface area contributed by atoms with E-state index in [9.17, 15) is 32.8 Å². The number of halogens is 4. The van der Waals surface area contributed by atoms with Gasteiger partial charge in [0.25, 0.3) is 0 Å². The fraction of sp³-hybridized carbons (Fsp3) is 0.290. The van der Waals surface area contributed by atoms with Crippen molar-refractivity contribution in [2.75, 3.05) is 24.4 Å². The monoisotopic (exact) mass is 712 g/mol. The van der Waals surface area contributed by atoms with Crippen LogP contribution < -0.4 is 16.0 Å². The molecular weight excluding hydrogens is 685 g/mol. The first-order chi connectivity index (χ1) is 23.9. The number of tetrazole rings is 1. The molecule has 0 radical (unpaired) electrons. The zero-order valence-electron chi connectivity index (χ0n) is 26.1. The molecule has 50 heavy (non-hydrogen) atoms. The number of hydrogen-bond acceptors (Lipinski definition) is 11. The molecule has 2 atom stereocenters. The van der Waals surface area contributed by atoms with Crippen LogP contribution in [-0.2, 0) is 19.1 Å². The Morgan fingerprint density at radius 2 is 1.98 bits per heavy atom. The molecule has 5 rings (SSSR count). The van der Waals surface area contributed by atoms with Crippen molar-refractivity contribution < 1.29 is 37.0 Å². The summed E-state index contributed by atoms with van der Waals surface area (Å²) in [4.78, 5) is 45.6. The molecule has 1 aliphatic rings. The summed E-state index contributed by atoms with van der Waals surface area (Å²) in [6, 6.07) is 9.40. The highest BCUT2D eigenvalue weighted by atomic mass is 35.5. The normalized spacial score (nSPS) is 16.2. The Labute approximate surface area is 286 Å². The van der Waals surface area contributed by atoms with Gasteiger partial charge in [-0.1, -0.05) is 24.4 Å². The first-order valence-electron chi connectivity index (χ1n) is 14.9. The maximum absolute atomic E-state index is 13.3. The number of amides is 2. The number of rotatable bonds is 7. The summed E-state index contributed by atoms with van der Waals surface area (Å²) in [5.41, 5.74) is 1.92. The third-order valence-corrected chi connectivity index (χ3v) is 7.66. The lowest BCUT2D eigenvalue weighted by Crippen LogP contribution is -2.34. The Morgan fingerprint density at radius 1 is 1.18 bits per heavy atom. The molecule has 0 aliphatic carbocycles. The van der Waals surface area contributed by atoms with Gasteiger partial charge in [-0.15, -0.1) is 5.10 Å². The Hall–Kier alpha value is -5.96. The standard InChI is InChI=1S/C31H28ClF3N10O5/c1-49-30(48)38-19-8-9-20-23(13-19)39-22(29(47)50-15-31(33,34)35)5-3-2-4-21(28-41-24(14-36)27(20)42-28)40-26(46)11-6-17-12-18(32)7-10-25(17)45-16-37-43-44-45/h6-13,16,21-22,39H,2-5,15H2,1H3,(H,38,48)(H,40,46)(H,41,42)/b11-6+/t21-,22+/m0/s1. The SMILES string of the molecule is COC(=O)Nc1ccc2c(c1)N[C@@H](C(=O)OCC(F)(F)F)CCCC[C@H](NC(=O)/C=C/c1cc(Cl)ccc1-n1cnnn1)c1nc(C#N)c-2[nH]1. The highest BCUT2D eigenvalue weighted by molar-refractivity contribution is 6.30. The van der Waals surface area contributed by atoms with E-state index in [0.29, 0.717) is 34.7 Å². The molecule has 2 bridgehead atoms. The molecule has 15 nitrogen and oxygen atoms in total. The van der Waals surface area contributed by atoms with Gasteiger partial charge >= 0.3 is 18.2 Å². The van der Waals surface area contributed by atoms with Crippen molar-refractivity contribution in [1.29, 1.82) is 5.26 Å². The molecule has 0 saturated carbocycles. The zero-order valence-corrected chi connectivity index (χ0v) is 26.9. The molecule has 1 aliphatic heterocycles. The topological polar surface area (TPSA) is 202 Å². The van der Waals surface area contributed by atoms with Crippen LogP contribution in [0.3, 0.4) is 0 Å². The maximum atomic E-state index is 13.3. The summed E-state index contributed by atoms with van der Waals surface area (Å²) in [5.74, 6) is -1.41. The Balaban J connectivity index is 1.47. The number of fused-ring (bicyclic) bond motifs is 4. The average molecular weight is 713 g/mol. The number of alkyl halides is 3. The van der Waals surface area contributed by atoms with Gasteiger partial charge in [0.15, 0.2) is 12.3 Å². The van der Waals surface area contributed by atoms with E-state index in [1.165, 1.54) is 41.4 Å². The van der Waals surface area contributed by atoms with Crippen molar-refractivity contribution in [3.8, 4) is 23.0 Å². The van der Waals surface area contributed by atoms with E-state index in [0.717, 1.165) is 7.11 Å². The average Bonchev–Trinajstić information content (AvgIpc) is 3.77. The number of carbonyl (C=O) groups is 3. The van der Waals surface area contributed by atoms with Gasteiger partial charge in [0.05, 0.1) is 24.5 Å². The number of benzene rings is 2. The number of anilines is 2. The summed E-state index contributed by atoms with van der Waals surface area (Å²) >= 11 is 6.19. The van der Waals surface area contributed by atoms with Crippen LogP contribution in [0.4, 0.5) is 29.3 Å².